The van der Waals surface area contributed by atoms with E-state index in [1.54, 1.807) is 30.1 Å². The number of nitrogens with two attached hydrogens (primary N) is 1. The van der Waals surface area contributed by atoms with Crippen LogP contribution in [0.25, 0.3) is 11.1 Å². The number of nitrogens with zero attached hydrogens (tertiary/aromatic N) is 3. The van der Waals surface area contributed by atoms with Gasteiger partial charge in [-0.05, 0) is 38.1 Å². The minimum absolute atomic E-state index is 0.0939. The van der Waals surface area contributed by atoms with Gasteiger partial charge in [0.1, 0.15) is 11.9 Å². The highest BCUT2D eigenvalue weighted by Gasteiger charge is 2.25. The van der Waals surface area contributed by atoms with E-state index in [9.17, 15) is 9.50 Å². The Morgan fingerprint density at radius 1 is 1.32 bits per heavy atom. The van der Waals surface area contributed by atoms with Crippen molar-refractivity contribution in [1.29, 1.82) is 0 Å². The second kappa shape index (κ2) is 9.00. The van der Waals surface area contributed by atoms with Crippen molar-refractivity contribution in [2.75, 3.05) is 18.8 Å². The molecule has 2 aromatic heterocycles. The number of nitrogens with one attached hydrogen (secondary N) is 1. The lowest BCUT2D eigenvalue weighted by Crippen LogP contribution is -2.41. The second-order valence-electron chi connectivity index (χ2n) is 7.46. The molecule has 164 valence electrons. The second-order valence-corrected chi connectivity index (χ2v) is 8.25. The zero-order valence-electron chi connectivity index (χ0n) is 16.7. The molecule has 0 aliphatic carbocycles. The van der Waals surface area contributed by atoms with Crippen molar-refractivity contribution >= 4 is 29.0 Å². The summed E-state index contributed by atoms with van der Waals surface area (Å²) in [6, 6.07) is 4.22. The molecular formula is C21H22Cl2FN5O2. The van der Waals surface area contributed by atoms with E-state index in [2.05, 4.69) is 15.4 Å². The number of benzene rings is 1. The molecule has 0 amide bonds. The first-order valence-corrected chi connectivity index (χ1v) is 10.6. The predicted octanol–water partition coefficient (Wildman–Crippen LogP) is 4.01. The van der Waals surface area contributed by atoms with E-state index in [1.165, 1.54) is 12.1 Å². The van der Waals surface area contributed by atoms with Gasteiger partial charge in [-0.3, -0.25) is 4.68 Å². The molecular weight excluding hydrogens is 444 g/mol. The number of anilines is 1. The van der Waals surface area contributed by atoms with E-state index < -0.39 is 18.0 Å². The van der Waals surface area contributed by atoms with Crippen LogP contribution >= 0.6 is 23.2 Å². The van der Waals surface area contributed by atoms with E-state index in [1.807, 2.05) is 6.20 Å². The van der Waals surface area contributed by atoms with Crippen LogP contribution in [0.1, 0.15) is 31.1 Å². The Hall–Kier alpha value is -2.39. The Labute approximate surface area is 188 Å². The normalized spacial score (nSPS) is 19.9. The topological polar surface area (TPSA) is 98.2 Å². The molecule has 31 heavy (non-hydrogen) atoms. The summed E-state index contributed by atoms with van der Waals surface area (Å²) in [4.78, 5) is 4.22. The number of hydrogen-bond donors (Lipinski definition) is 3. The van der Waals surface area contributed by atoms with Crippen LogP contribution in [-0.4, -0.2) is 39.1 Å². The molecule has 3 aromatic rings. The minimum Gasteiger partial charge on any atom is -0.482 e. The number of halogens is 3. The van der Waals surface area contributed by atoms with Crippen molar-refractivity contribution < 1.29 is 14.2 Å². The summed E-state index contributed by atoms with van der Waals surface area (Å²) in [7, 11) is 0. The summed E-state index contributed by atoms with van der Waals surface area (Å²) >= 11 is 12.3. The molecule has 7 nitrogen and oxygen atoms in total. The molecule has 0 spiro atoms. The van der Waals surface area contributed by atoms with E-state index in [4.69, 9.17) is 33.7 Å². The summed E-state index contributed by atoms with van der Waals surface area (Å²) in [5, 5.41) is 18.1. The third-order valence-corrected chi connectivity index (χ3v) is 6.07. The van der Waals surface area contributed by atoms with Crippen LogP contribution in [0.15, 0.2) is 36.8 Å². The van der Waals surface area contributed by atoms with Gasteiger partial charge in [-0.25, -0.2) is 9.37 Å². The van der Waals surface area contributed by atoms with Gasteiger partial charge >= 0.3 is 0 Å². The van der Waals surface area contributed by atoms with Gasteiger partial charge in [0, 0.05) is 40.7 Å². The molecule has 4 rings (SSSR count). The fourth-order valence-electron chi connectivity index (χ4n) is 3.64. The first kappa shape index (κ1) is 21.8. The average molecular weight is 466 g/mol. The van der Waals surface area contributed by atoms with Crippen molar-refractivity contribution in [3.05, 3.63) is 58.2 Å². The van der Waals surface area contributed by atoms with Gasteiger partial charge in [0.05, 0.1) is 23.4 Å². The standard InChI is InChI=1S/C21H22Cl2FN5O2/c1-11(19-14(22)2-3-15(24)20(19)23)31-18-6-12(7-27-21(18)25)13-8-28-29(10-13)16-9-26-5-4-17(16)30/h2-3,6-8,10-11,16-17,26,30H,4-5,9H2,1H3,(H2,25,27)/t11-,16?,17-/m1/s1. The molecule has 4 N–H and O–H groups in total. The van der Waals surface area contributed by atoms with Crippen LogP contribution in [0.5, 0.6) is 5.75 Å². The highest BCUT2D eigenvalue weighted by Crippen LogP contribution is 2.37. The lowest BCUT2D eigenvalue weighted by molar-refractivity contribution is 0.0783. The van der Waals surface area contributed by atoms with E-state index in [0.29, 0.717) is 29.3 Å². The zero-order valence-corrected chi connectivity index (χ0v) is 18.2. The molecule has 1 aliphatic rings. The minimum atomic E-state index is -0.666. The number of pyridine rings is 1. The number of piperidine rings is 1. The molecule has 0 bridgehead atoms. The molecule has 0 radical (unpaired) electrons. The van der Waals surface area contributed by atoms with Crippen LogP contribution in [0.3, 0.4) is 0 Å². The maximum Gasteiger partial charge on any atom is 0.166 e. The smallest absolute Gasteiger partial charge is 0.166 e. The van der Waals surface area contributed by atoms with Crippen LogP contribution in [-0.2, 0) is 0 Å². The molecule has 3 atom stereocenters. The van der Waals surface area contributed by atoms with Crippen LogP contribution in [0, 0.1) is 5.82 Å². The number of ether oxygens (including phenoxy) is 1. The first-order chi connectivity index (χ1) is 14.8. The van der Waals surface area contributed by atoms with Crippen molar-refractivity contribution in [3.63, 3.8) is 0 Å². The summed E-state index contributed by atoms with van der Waals surface area (Å²) in [6.45, 7) is 3.13. The third kappa shape index (κ3) is 4.48. The van der Waals surface area contributed by atoms with Crippen molar-refractivity contribution in [2.24, 2.45) is 0 Å². The van der Waals surface area contributed by atoms with Gasteiger partial charge in [-0.15, -0.1) is 0 Å². The van der Waals surface area contributed by atoms with E-state index in [-0.39, 0.29) is 16.9 Å². The maximum absolute atomic E-state index is 13.9. The Bertz CT molecular complexity index is 1090. The lowest BCUT2D eigenvalue weighted by Gasteiger charge is -2.28. The summed E-state index contributed by atoms with van der Waals surface area (Å²) < 4.78 is 21.6. The Morgan fingerprint density at radius 3 is 2.90 bits per heavy atom. The first-order valence-electron chi connectivity index (χ1n) is 9.84. The third-order valence-electron chi connectivity index (χ3n) is 5.36. The van der Waals surface area contributed by atoms with Crippen molar-refractivity contribution in [2.45, 2.75) is 31.6 Å². The van der Waals surface area contributed by atoms with E-state index in [0.717, 1.165) is 17.7 Å². The molecule has 1 unspecified atom stereocenters. The summed E-state index contributed by atoms with van der Waals surface area (Å²) in [6.07, 6.45) is 4.71. The highest BCUT2D eigenvalue weighted by atomic mass is 35.5. The van der Waals surface area contributed by atoms with E-state index >= 15 is 0 Å². The van der Waals surface area contributed by atoms with Gasteiger partial charge in [0.25, 0.3) is 0 Å². The summed E-state index contributed by atoms with van der Waals surface area (Å²) in [5.74, 6) is -0.0878. The van der Waals surface area contributed by atoms with Crippen LogP contribution < -0.4 is 15.8 Å². The molecule has 0 saturated carbocycles. The number of aromatic nitrogens is 3. The van der Waals surface area contributed by atoms with Gasteiger partial charge in [0.2, 0.25) is 0 Å². The number of aliphatic hydroxyl groups is 1. The number of nitrogen functional groups attached to an aromatic ring is 1. The van der Waals surface area contributed by atoms with Gasteiger partial charge in [-0.1, -0.05) is 23.2 Å². The fourth-order valence-corrected chi connectivity index (χ4v) is 4.32. The van der Waals surface area contributed by atoms with Gasteiger partial charge < -0.3 is 20.9 Å². The molecule has 10 heteroatoms. The van der Waals surface area contributed by atoms with Gasteiger partial charge in [0.15, 0.2) is 11.6 Å². The number of aliphatic hydroxyl groups excluding tert-OH is 1. The number of rotatable bonds is 5. The van der Waals surface area contributed by atoms with Crippen molar-refractivity contribution in [1.82, 2.24) is 20.1 Å². The quantitative estimate of drug-likeness (QED) is 0.492. The highest BCUT2D eigenvalue weighted by molar-refractivity contribution is 6.36. The maximum atomic E-state index is 13.9. The van der Waals surface area contributed by atoms with Crippen LogP contribution in [0.2, 0.25) is 10.0 Å². The predicted molar refractivity (Wildman–Crippen MR) is 118 cm³/mol. The summed E-state index contributed by atoms with van der Waals surface area (Å²) in [5.41, 5.74) is 7.86. The molecule has 1 aromatic carbocycles. The molecule has 1 saturated heterocycles. The largest absolute Gasteiger partial charge is 0.482 e. The monoisotopic (exact) mass is 465 g/mol. The number of hydrogen-bond acceptors (Lipinski definition) is 6. The Morgan fingerprint density at radius 2 is 2.13 bits per heavy atom. The molecule has 3 heterocycles. The average Bonchev–Trinajstić information content (AvgIpc) is 3.23. The Kier molecular flexibility index (Phi) is 6.34. The van der Waals surface area contributed by atoms with Crippen LogP contribution in [0.4, 0.5) is 10.2 Å². The van der Waals surface area contributed by atoms with Gasteiger partial charge in [-0.2, -0.15) is 5.10 Å². The van der Waals surface area contributed by atoms with Crippen molar-refractivity contribution in [3.8, 4) is 16.9 Å². The Balaban J connectivity index is 1.59. The molecule has 1 fully saturated rings. The SMILES string of the molecule is C[C@@H](Oc1cc(-c2cnn(C3CNCC[C@H]3O)c2)cnc1N)c1c(Cl)ccc(F)c1Cl. The fraction of sp³-hybridized carbons (Fsp3) is 0.333. The zero-order chi connectivity index (χ0) is 22.1. The molecule has 1 aliphatic heterocycles. The lowest BCUT2D eigenvalue weighted by atomic mass is 10.0.